The van der Waals surface area contributed by atoms with E-state index in [0.29, 0.717) is 6.61 Å². The van der Waals surface area contributed by atoms with E-state index in [9.17, 15) is 19.5 Å². The largest absolute Gasteiger partial charge is 0.461 e. The molecule has 2 amide bonds. The molecule has 0 unspecified atom stereocenters. The van der Waals surface area contributed by atoms with Crippen molar-refractivity contribution in [3.8, 4) is 0 Å². The third kappa shape index (κ3) is 12.6. The zero-order valence-corrected chi connectivity index (χ0v) is 18.4. The number of carbonyl (C=O) groups is 3. The van der Waals surface area contributed by atoms with E-state index in [-0.39, 0.29) is 32.6 Å². The topological polar surface area (TPSA) is 114 Å². The first-order chi connectivity index (χ1) is 13.7. The van der Waals surface area contributed by atoms with Crippen LogP contribution < -0.4 is 10.6 Å². The Morgan fingerprint density at radius 3 is 2.38 bits per heavy atom. The van der Waals surface area contributed by atoms with Crippen molar-refractivity contribution in [2.75, 3.05) is 19.8 Å². The van der Waals surface area contributed by atoms with Crippen molar-refractivity contribution < 1.29 is 29.0 Å². The van der Waals surface area contributed by atoms with Gasteiger partial charge in [0, 0.05) is 21.0 Å². The van der Waals surface area contributed by atoms with Crippen molar-refractivity contribution in [2.24, 2.45) is 0 Å². The normalized spacial score (nSPS) is 12.0. The Hall–Kier alpha value is -2.39. The lowest BCUT2D eigenvalue weighted by Crippen LogP contribution is -2.46. The third-order valence-electron chi connectivity index (χ3n) is 3.96. The maximum atomic E-state index is 11.9. The molecule has 0 spiro atoms. The average Bonchev–Trinajstić information content (AvgIpc) is 2.67. The molecule has 1 rings (SSSR count). The summed E-state index contributed by atoms with van der Waals surface area (Å²) in [5.74, 6) is -0.886. The Labute approximate surface area is 173 Å². The van der Waals surface area contributed by atoms with Crippen molar-refractivity contribution in [2.45, 2.75) is 51.2 Å². The molecule has 1 aromatic rings. The summed E-state index contributed by atoms with van der Waals surface area (Å²) in [7, 11) is -1.28. The maximum Gasteiger partial charge on any atom is 0.407 e. The fourth-order valence-electron chi connectivity index (χ4n) is 2.19. The molecule has 0 heterocycles. The van der Waals surface area contributed by atoms with E-state index in [1.54, 1.807) is 0 Å². The van der Waals surface area contributed by atoms with Gasteiger partial charge >= 0.3 is 12.1 Å². The zero-order valence-electron chi connectivity index (χ0n) is 17.4. The van der Waals surface area contributed by atoms with Crippen LogP contribution in [0.5, 0.6) is 0 Å². The second-order valence-electron chi connectivity index (χ2n) is 7.92. The van der Waals surface area contributed by atoms with Gasteiger partial charge < -0.3 is 25.2 Å². The smallest absolute Gasteiger partial charge is 0.407 e. The van der Waals surface area contributed by atoms with Crippen LogP contribution in [0.4, 0.5) is 4.79 Å². The molecular formula is C20H32N2O6Si. The van der Waals surface area contributed by atoms with Gasteiger partial charge in [-0.25, -0.2) is 4.79 Å². The minimum Gasteiger partial charge on any atom is -0.461 e. The summed E-state index contributed by atoms with van der Waals surface area (Å²) in [5.41, 5.74) is 0.869. The molecule has 3 N–H and O–H groups in total. The Balaban J connectivity index is 2.21. The van der Waals surface area contributed by atoms with Crippen LogP contribution in [0.25, 0.3) is 0 Å². The van der Waals surface area contributed by atoms with Gasteiger partial charge in [-0.1, -0.05) is 50.0 Å². The van der Waals surface area contributed by atoms with Gasteiger partial charge in [-0.05, 0) is 11.6 Å². The lowest BCUT2D eigenvalue weighted by molar-refractivity contribution is -0.146. The van der Waals surface area contributed by atoms with Crippen molar-refractivity contribution in [1.29, 1.82) is 0 Å². The predicted molar refractivity (Wildman–Crippen MR) is 112 cm³/mol. The molecule has 0 aliphatic carbocycles. The summed E-state index contributed by atoms with van der Waals surface area (Å²) in [6.45, 7) is 6.74. The highest BCUT2D eigenvalue weighted by molar-refractivity contribution is 6.76. The molecule has 1 aromatic carbocycles. The standard InChI is InChI=1S/C20H32N2O6Si/c1-29(2,3)12-11-27-20(26)21-13-17(14-23)22-18(24)9-10-19(25)28-15-16-7-5-4-6-8-16/h4-8,17,23H,9-15H2,1-3H3,(H,21,26)(H,22,24)/t17-/m0/s1. The van der Waals surface area contributed by atoms with Gasteiger partial charge in [-0.3, -0.25) is 9.59 Å². The summed E-state index contributed by atoms with van der Waals surface area (Å²) in [6.07, 6.45) is -0.714. The van der Waals surface area contributed by atoms with E-state index in [4.69, 9.17) is 9.47 Å². The monoisotopic (exact) mass is 424 g/mol. The van der Waals surface area contributed by atoms with E-state index >= 15 is 0 Å². The second-order valence-corrected chi connectivity index (χ2v) is 13.5. The van der Waals surface area contributed by atoms with Crippen LogP contribution in [0.15, 0.2) is 30.3 Å². The van der Waals surface area contributed by atoms with Gasteiger partial charge in [0.15, 0.2) is 0 Å². The maximum absolute atomic E-state index is 11.9. The van der Waals surface area contributed by atoms with Crippen molar-refractivity contribution in [1.82, 2.24) is 10.6 Å². The lowest BCUT2D eigenvalue weighted by Gasteiger charge is -2.18. The quantitative estimate of drug-likeness (QED) is 0.350. The fraction of sp³-hybridized carbons (Fsp3) is 0.550. The second kappa shape index (κ2) is 12.9. The number of rotatable bonds is 12. The molecule has 0 saturated heterocycles. The zero-order chi connectivity index (χ0) is 21.7. The first-order valence-corrected chi connectivity index (χ1v) is 13.4. The molecule has 162 valence electrons. The van der Waals surface area contributed by atoms with Crippen LogP contribution in [0, 0.1) is 0 Å². The number of aliphatic hydroxyl groups is 1. The average molecular weight is 425 g/mol. The molecule has 0 aliphatic heterocycles. The molecule has 8 nitrogen and oxygen atoms in total. The van der Waals surface area contributed by atoms with Crippen LogP contribution in [0.3, 0.4) is 0 Å². The van der Waals surface area contributed by atoms with Crippen molar-refractivity contribution >= 4 is 26.0 Å². The van der Waals surface area contributed by atoms with Gasteiger partial charge in [-0.2, -0.15) is 0 Å². The van der Waals surface area contributed by atoms with Gasteiger partial charge in [0.1, 0.15) is 6.61 Å². The van der Waals surface area contributed by atoms with Gasteiger partial charge in [-0.15, -0.1) is 0 Å². The Morgan fingerprint density at radius 1 is 1.07 bits per heavy atom. The highest BCUT2D eigenvalue weighted by atomic mass is 28.3. The third-order valence-corrected chi connectivity index (χ3v) is 5.67. The van der Waals surface area contributed by atoms with Gasteiger partial charge in [0.25, 0.3) is 0 Å². The molecule has 0 fully saturated rings. The lowest BCUT2D eigenvalue weighted by atomic mass is 10.2. The Morgan fingerprint density at radius 2 is 1.76 bits per heavy atom. The number of aliphatic hydroxyl groups excluding tert-OH is 1. The number of nitrogens with one attached hydrogen (secondary N) is 2. The Bertz CT molecular complexity index is 648. The van der Waals surface area contributed by atoms with E-state index in [1.807, 2.05) is 30.3 Å². The number of alkyl carbamates (subject to hydrolysis) is 1. The summed E-state index contributed by atoms with van der Waals surface area (Å²) in [4.78, 5) is 35.4. The number of esters is 1. The molecule has 0 radical (unpaired) electrons. The van der Waals surface area contributed by atoms with Crippen LogP contribution in [0.2, 0.25) is 25.7 Å². The van der Waals surface area contributed by atoms with E-state index in [0.717, 1.165) is 11.6 Å². The summed E-state index contributed by atoms with van der Waals surface area (Å²) < 4.78 is 10.2. The SMILES string of the molecule is C[Si](C)(C)CCOC(=O)NC[C@@H](CO)NC(=O)CCC(=O)OCc1ccccc1. The molecule has 29 heavy (non-hydrogen) atoms. The van der Waals surface area contributed by atoms with E-state index in [2.05, 4.69) is 30.3 Å². The van der Waals surface area contributed by atoms with Gasteiger partial charge in [0.2, 0.25) is 5.91 Å². The molecule has 9 heteroatoms. The molecule has 0 aliphatic rings. The number of benzene rings is 1. The predicted octanol–water partition coefficient (Wildman–Crippen LogP) is 2.05. The molecule has 1 atom stereocenters. The molecule has 0 saturated carbocycles. The van der Waals surface area contributed by atoms with Gasteiger partial charge in [0.05, 0.1) is 25.7 Å². The molecular weight excluding hydrogens is 392 g/mol. The fourth-order valence-corrected chi connectivity index (χ4v) is 2.91. The number of hydrogen-bond donors (Lipinski definition) is 3. The summed E-state index contributed by atoms with van der Waals surface area (Å²) in [5, 5.41) is 14.5. The number of ether oxygens (including phenoxy) is 2. The number of amides is 2. The summed E-state index contributed by atoms with van der Waals surface area (Å²) >= 11 is 0. The number of hydrogen-bond acceptors (Lipinski definition) is 6. The van der Waals surface area contributed by atoms with Crippen LogP contribution in [0.1, 0.15) is 18.4 Å². The van der Waals surface area contributed by atoms with E-state index in [1.165, 1.54) is 0 Å². The highest BCUT2D eigenvalue weighted by Crippen LogP contribution is 2.07. The summed E-state index contributed by atoms with van der Waals surface area (Å²) in [6, 6.07) is 9.45. The van der Waals surface area contributed by atoms with Crippen molar-refractivity contribution in [3.63, 3.8) is 0 Å². The van der Waals surface area contributed by atoms with Crippen molar-refractivity contribution in [3.05, 3.63) is 35.9 Å². The number of carbonyl (C=O) groups excluding carboxylic acids is 3. The minimum atomic E-state index is -1.28. The van der Waals surface area contributed by atoms with Crippen LogP contribution in [-0.2, 0) is 25.7 Å². The van der Waals surface area contributed by atoms with E-state index < -0.39 is 32.1 Å². The first kappa shape index (κ1) is 24.6. The van der Waals surface area contributed by atoms with Crippen LogP contribution >= 0.6 is 0 Å². The first-order valence-electron chi connectivity index (χ1n) is 9.70. The Kier molecular flexibility index (Phi) is 11.0. The minimum absolute atomic E-state index is 0.0342. The highest BCUT2D eigenvalue weighted by Gasteiger charge is 2.16. The molecule has 0 aromatic heterocycles. The van der Waals surface area contributed by atoms with Crippen LogP contribution in [-0.4, -0.2) is 57.0 Å². The molecule has 0 bridgehead atoms.